The summed E-state index contributed by atoms with van der Waals surface area (Å²) < 4.78 is 16.3. The Kier molecular flexibility index (Phi) is 10.7. The van der Waals surface area contributed by atoms with Gasteiger partial charge in [0.2, 0.25) is 0 Å². The zero-order valence-electron chi connectivity index (χ0n) is 17.3. The van der Waals surface area contributed by atoms with Crippen molar-refractivity contribution >= 4 is 29.9 Å². The summed E-state index contributed by atoms with van der Waals surface area (Å²) >= 11 is 0. The van der Waals surface area contributed by atoms with Crippen LogP contribution < -0.4 is 14.8 Å². The maximum Gasteiger partial charge on any atom is 0.194 e. The standard InChI is InChI=1S/C20H30N4O3.HI/c1-6-21-20(22-14-18-13-19(15(2)3)23-27-18)24(4)11-12-26-17-9-7-16(25-5)8-10-17;/h7-10,13,15H,6,11-12,14H2,1-5H3,(H,21,22);1H. The molecule has 0 bridgehead atoms. The summed E-state index contributed by atoms with van der Waals surface area (Å²) in [6.45, 7) is 8.71. The lowest BCUT2D eigenvalue weighted by Gasteiger charge is -2.22. The number of ether oxygens (including phenoxy) is 2. The minimum atomic E-state index is 0. The van der Waals surface area contributed by atoms with Crippen LogP contribution in [-0.2, 0) is 6.54 Å². The second kappa shape index (κ2) is 12.5. The largest absolute Gasteiger partial charge is 0.497 e. The zero-order valence-corrected chi connectivity index (χ0v) is 19.6. The molecular weight excluding hydrogens is 471 g/mol. The Morgan fingerprint density at radius 3 is 2.50 bits per heavy atom. The van der Waals surface area contributed by atoms with Gasteiger partial charge in [-0.2, -0.15) is 0 Å². The van der Waals surface area contributed by atoms with Gasteiger partial charge in [0.1, 0.15) is 24.7 Å². The van der Waals surface area contributed by atoms with Crippen LogP contribution in [0.5, 0.6) is 11.5 Å². The fourth-order valence-corrected chi connectivity index (χ4v) is 2.38. The third kappa shape index (κ3) is 7.57. The summed E-state index contributed by atoms with van der Waals surface area (Å²) in [6.07, 6.45) is 0. The Hall–Kier alpha value is -1.97. The molecule has 0 amide bonds. The van der Waals surface area contributed by atoms with E-state index in [4.69, 9.17) is 14.0 Å². The van der Waals surface area contributed by atoms with Gasteiger partial charge >= 0.3 is 0 Å². The summed E-state index contributed by atoms with van der Waals surface area (Å²) in [5, 5.41) is 7.36. The Morgan fingerprint density at radius 2 is 1.93 bits per heavy atom. The molecule has 0 fully saturated rings. The lowest BCUT2D eigenvalue weighted by atomic mass is 10.1. The van der Waals surface area contributed by atoms with Gasteiger partial charge < -0.3 is 24.2 Å². The first-order valence-corrected chi connectivity index (χ1v) is 9.25. The van der Waals surface area contributed by atoms with Crippen molar-refractivity contribution in [3.8, 4) is 11.5 Å². The van der Waals surface area contributed by atoms with Gasteiger partial charge in [-0.05, 0) is 37.1 Å². The van der Waals surface area contributed by atoms with Crippen LogP contribution in [0.4, 0.5) is 0 Å². The zero-order chi connectivity index (χ0) is 19.6. The maximum atomic E-state index is 5.79. The second-order valence-electron chi connectivity index (χ2n) is 6.49. The molecule has 0 aliphatic heterocycles. The second-order valence-corrected chi connectivity index (χ2v) is 6.49. The quantitative estimate of drug-likeness (QED) is 0.319. The third-order valence-electron chi connectivity index (χ3n) is 4.00. The number of rotatable bonds is 9. The normalized spacial score (nSPS) is 11.1. The van der Waals surface area contributed by atoms with Gasteiger partial charge in [-0.15, -0.1) is 24.0 Å². The number of halogens is 1. The van der Waals surface area contributed by atoms with Crippen molar-refractivity contribution in [1.29, 1.82) is 0 Å². The molecule has 1 N–H and O–H groups in total. The summed E-state index contributed by atoms with van der Waals surface area (Å²) in [5.74, 6) is 3.54. The number of nitrogens with zero attached hydrogens (tertiary/aromatic N) is 3. The topological polar surface area (TPSA) is 72.1 Å². The first-order chi connectivity index (χ1) is 13.0. The van der Waals surface area contributed by atoms with Crippen molar-refractivity contribution in [2.24, 2.45) is 4.99 Å². The van der Waals surface area contributed by atoms with Crippen LogP contribution in [0.15, 0.2) is 39.8 Å². The van der Waals surface area contributed by atoms with Crippen molar-refractivity contribution in [1.82, 2.24) is 15.4 Å². The first-order valence-electron chi connectivity index (χ1n) is 9.25. The highest BCUT2D eigenvalue weighted by molar-refractivity contribution is 14.0. The molecule has 0 aliphatic rings. The molecule has 1 aromatic carbocycles. The Bertz CT molecular complexity index is 716. The van der Waals surface area contributed by atoms with Gasteiger partial charge in [-0.1, -0.05) is 19.0 Å². The fourth-order valence-electron chi connectivity index (χ4n) is 2.38. The van der Waals surface area contributed by atoms with E-state index < -0.39 is 0 Å². The number of benzene rings is 1. The molecule has 0 unspecified atom stereocenters. The number of methoxy groups -OCH3 is 1. The first kappa shape index (κ1) is 24.1. The molecule has 0 saturated carbocycles. The van der Waals surface area contributed by atoms with Gasteiger partial charge in [0.25, 0.3) is 0 Å². The number of guanidine groups is 1. The molecule has 2 aromatic rings. The monoisotopic (exact) mass is 502 g/mol. The van der Waals surface area contributed by atoms with Crippen molar-refractivity contribution in [2.75, 3.05) is 33.9 Å². The average Bonchev–Trinajstić information content (AvgIpc) is 3.15. The van der Waals surface area contributed by atoms with Crippen LogP contribution in [0.25, 0.3) is 0 Å². The molecule has 1 heterocycles. The number of hydrogen-bond acceptors (Lipinski definition) is 5. The molecule has 8 heteroatoms. The molecule has 0 radical (unpaired) electrons. The molecule has 28 heavy (non-hydrogen) atoms. The van der Waals surface area contributed by atoms with Gasteiger partial charge in [0.15, 0.2) is 11.7 Å². The van der Waals surface area contributed by atoms with Crippen LogP contribution in [0, 0.1) is 0 Å². The minimum Gasteiger partial charge on any atom is -0.497 e. The Labute approximate surface area is 184 Å². The van der Waals surface area contributed by atoms with E-state index in [-0.39, 0.29) is 24.0 Å². The minimum absolute atomic E-state index is 0. The molecule has 2 rings (SSSR count). The average molecular weight is 502 g/mol. The lowest BCUT2D eigenvalue weighted by Crippen LogP contribution is -2.40. The van der Waals surface area contributed by atoms with E-state index in [1.807, 2.05) is 49.2 Å². The maximum absolute atomic E-state index is 5.79. The molecule has 156 valence electrons. The van der Waals surface area contributed by atoms with Crippen molar-refractivity contribution in [2.45, 2.75) is 33.2 Å². The van der Waals surface area contributed by atoms with E-state index in [1.165, 1.54) is 0 Å². The molecular formula is C20H31IN4O3. The van der Waals surface area contributed by atoms with Crippen LogP contribution >= 0.6 is 24.0 Å². The summed E-state index contributed by atoms with van der Waals surface area (Å²) in [5.41, 5.74) is 0.950. The van der Waals surface area contributed by atoms with Crippen LogP contribution in [0.3, 0.4) is 0 Å². The molecule has 0 spiro atoms. The Morgan fingerprint density at radius 1 is 1.25 bits per heavy atom. The summed E-state index contributed by atoms with van der Waals surface area (Å²) in [7, 11) is 3.63. The highest BCUT2D eigenvalue weighted by Crippen LogP contribution is 2.17. The van der Waals surface area contributed by atoms with E-state index in [0.29, 0.717) is 25.6 Å². The highest BCUT2D eigenvalue weighted by atomic mass is 127. The number of nitrogens with one attached hydrogen (secondary N) is 1. The van der Waals surface area contributed by atoms with Crippen molar-refractivity contribution in [3.05, 3.63) is 41.8 Å². The highest BCUT2D eigenvalue weighted by Gasteiger charge is 2.09. The van der Waals surface area contributed by atoms with Crippen molar-refractivity contribution < 1.29 is 14.0 Å². The van der Waals surface area contributed by atoms with Crippen molar-refractivity contribution in [3.63, 3.8) is 0 Å². The molecule has 0 atom stereocenters. The third-order valence-corrected chi connectivity index (χ3v) is 4.00. The van der Waals surface area contributed by atoms with E-state index >= 15 is 0 Å². The number of aliphatic imine (C=N–C) groups is 1. The summed E-state index contributed by atoms with van der Waals surface area (Å²) in [4.78, 5) is 6.66. The fraction of sp³-hybridized carbons (Fsp3) is 0.500. The van der Waals surface area contributed by atoms with Gasteiger partial charge in [0, 0.05) is 19.7 Å². The Balaban J connectivity index is 0.00000392. The van der Waals surface area contributed by atoms with Gasteiger partial charge in [0.05, 0.1) is 19.3 Å². The van der Waals surface area contributed by atoms with E-state index in [0.717, 1.165) is 35.5 Å². The molecule has 0 aliphatic carbocycles. The molecule has 1 aromatic heterocycles. The van der Waals surface area contributed by atoms with E-state index in [9.17, 15) is 0 Å². The predicted molar refractivity (Wildman–Crippen MR) is 122 cm³/mol. The van der Waals surface area contributed by atoms with Crippen LogP contribution in [-0.4, -0.2) is 49.9 Å². The van der Waals surface area contributed by atoms with Crippen LogP contribution in [0.1, 0.15) is 38.1 Å². The molecule has 7 nitrogen and oxygen atoms in total. The lowest BCUT2D eigenvalue weighted by molar-refractivity contribution is 0.280. The predicted octanol–water partition coefficient (Wildman–Crippen LogP) is 3.90. The smallest absolute Gasteiger partial charge is 0.194 e. The number of aromatic nitrogens is 1. The molecule has 0 saturated heterocycles. The van der Waals surface area contributed by atoms with E-state index in [1.54, 1.807) is 7.11 Å². The van der Waals surface area contributed by atoms with E-state index in [2.05, 4.69) is 29.3 Å². The van der Waals surface area contributed by atoms with Crippen LogP contribution in [0.2, 0.25) is 0 Å². The summed E-state index contributed by atoms with van der Waals surface area (Å²) in [6, 6.07) is 9.52. The number of likely N-dealkylation sites (N-methyl/N-ethyl adjacent to an activating group) is 1. The van der Waals surface area contributed by atoms with Gasteiger partial charge in [-0.25, -0.2) is 4.99 Å². The number of hydrogen-bond donors (Lipinski definition) is 1. The SMILES string of the molecule is CCNC(=NCc1cc(C(C)C)no1)N(C)CCOc1ccc(OC)cc1.I. The van der Waals surface area contributed by atoms with Gasteiger partial charge in [-0.3, -0.25) is 0 Å².